The molecule has 2 atom stereocenters. The molecule has 0 bridgehead atoms. The van der Waals surface area contributed by atoms with Crippen molar-refractivity contribution in [3.63, 3.8) is 0 Å². The Morgan fingerprint density at radius 1 is 1.33 bits per heavy atom. The molecule has 0 aliphatic heterocycles. The van der Waals surface area contributed by atoms with E-state index >= 15 is 0 Å². The molecule has 0 saturated carbocycles. The molecule has 0 aromatic rings. The van der Waals surface area contributed by atoms with Crippen molar-refractivity contribution < 1.29 is 0 Å². The highest BCUT2D eigenvalue weighted by atomic mass is 14.8. The second-order valence-electron chi connectivity index (χ2n) is 3.51. The van der Waals surface area contributed by atoms with E-state index < -0.39 is 0 Å². The summed E-state index contributed by atoms with van der Waals surface area (Å²) in [5.74, 6) is 4.16. The molecular weight excluding hydrogens is 146 g/mol. The monoisotopic (exact) mass is 167 g/mol. The zero-order valence-corrected chi connectivity index (χ0v) is 8.56. The Balaban J connectivity index is 3.47. The molecule has 0 aliphatic rings. The predicted octanol–water partition coefficient (Wildman–Crippen LogP) is 2.28. The second-order valence-corrected chi connectivity index (χ2v) is 3.51. The van der Waals surface area contributed by atoms with Gasteiger partial charge in [0.25, 0.3) is 0 Å². The molecule has 2 unspecified atom stereocenters. The fourth-order valence-corrected chi connectivity index (χ4v) is 1.17. The van der Waals surface area contributed by atoms with Crippen LogP contribution in [0.2, 0.25) is 0 Å². The fraction of sp³-hybridized carbons (Fsp3) is 0.818. The molecule has 0 aromatic carbocycles. The maximum Gasteiger partial charge on any atom is 0.00887 e. The highest BCUT2D eigenvalue weighted by molar-refractivity contribution is 4.84. The number of rotatable bonds is 6. The van der Waals surface area contributed by atoms with Gasteiger partial charge in [0.1, 0.15) is 0 Å². The van der Waals surface area contributed by atoms with Crippen molar-refractivity contribution in [2.24, 2.45) is 11.8 Å². The summed E-state index contributed by atoms with van der Waals surface area (Å²) in [7, 11) is 0. The predicted molar refractivity (Wildman–Crippen MR) is 54.9 cm³/mol. The lowest BCUT2D eigenvalue weighted by atomic mass is 9.92. The van der Waals surface area contributed by atoms with Crippen molar-refractivity contribution in [2.45, 2.75) is 33.6 Å². The van der Waals surface area contributed by atoms with Crippen LogP contribution in [-0.4, -0.2) is 13.1 Å². The number of hydrogen-bond donors (Lipinski definition) is 1. The van der Waals surface area contributed by atoms with Crippen molar-refractivity contribution in [1.29, 1.82) is 0 Å². The average Bonchev–Trinajstić information content (AvgIpc) is 2.10. The van der Waals surface area contributed by atoms with Crippen LogP contribution >= 0.6 is 0 Å². The Morgan fingerprint density at radius 3 is 2.50 bits per heavy atom. The van der Waals surface area contributed by atoms with E-state index in [9.17, 15) is 0 Å². The molecule has 70 valence electrons. The van der Waals surface area contributed by atoms with Gasteiger partial charge >= 0.3 is 0 Å². The van der Waals surface area contributed by atoms with E-state index in [2.05, 4.69) is 32.0 Å². The highest BCUT2D eigenvalue weighted by Crippen LogP contribution is 2.15. The average molecular weight is 167 g/mol. The summed E-state index contributed by atoms with van der Waals surface area (Å²) < 4.78 is 0. The van der Waals surface area contributed by atoms with E-state index in [4.69, 9.17) is 6.42 Å². The van der Waals surface area contributed by atoms with Gasteiger partial charge in [0.15, 0.2) is 0 Å². The third kappa shape index (κ3) is 5.21. The molecule has 0 spiro atoms. The first-order valence-corrected chi connectivity index (χ1v) is 4.86. The smallest absolute Gasteiger partial charge is 0.00887 e. The maximum absolute atomic E-state index is 5.21. The summed E-state index contributed by atoms with van der Waals surface area (Å²) in [5, 5.41) is 3.35. The minimum absolute atomic E-state index is 0.735. The van der Waals surface area contributed by atoms with E-state index in [1.54, 1.807) is 0 Å². The lowest BCUT2D eigenvalue weighted by Gasteiger charge is -2.18. The van der Waals surface area contributed by atoms with Crippen LogP contribution in [0.25, 0.3) is 0 Å². The van der Waals surface area contributed by atoms with Crippen LogP contribution in [0.15, 0.2) is 0 Å². The molecule has 0 rings (SSSR count). The summed E-state index contributed by atoms with van der Waals surface area (Å²) >= 11 is 0. The summed E-state index contributed by atoms with van der Waals surface area (Å²) in [5.41, 5.74) is 0. The van der Waals surface area contributed by atoms with Gasteiger partial charge in [0, 0.05) is 6.42 Å². The minimum atomic E-state index is 0.735. The molecule has 1 nitrogen and oxygen atoms in total. The number of terminal acetylenes is 1. The first kappa shape index (κ1) is 11.5. The molecule has 0 amide bonds. The van der Waals surface area contributed by atoms with E-state index in [1.165, 1.54) is 0 Å². The van der Waals surface area contributed by atoms with Crippen LogP contribution in [0.4, 0.5) is 0 Å². The van der Waals surface area contributed by atoms with Crippen LogP contribution in [0.3, 0.4) is 0 Å². The SMILES string of the molecule is C#CCCC(C)C(C)CNCC. The summed E-state index contributed by atoms with van der Waals surface area (Å²) in [6.45, 7) is 8.87. The molecule has 0 saturated heterocycles. The van der Waals surface area contributed by atoms with Gasteiger partial charge in [-0.05, 0) is 31.3 Å². The summed E-state index contributed by atoms with van der Waals surface area (Å²) in [4.78, 5) is 0. The van der Waals surface area contributed by atoms with Crippen LogP contribution < -0.4 is 5.32 Å². The Hall–Kier alpha value is -0.480. The molecule has 0 heterocycles. The first-order valence-electron chi connectivity index (χ1n) is 4.86. The standard InChI is InChI=1S/C11H21N/c1-5-7-8-10(3)11(4)9-12-6-2/h1,10-12H,6-9H2,2-4H3. The molecule has 1 N–H and O–H groups in total. The fourth-order valence-electron chi connectivity index (χ4n) is 1.17. The molecule has 0 radical (unpaired) electrons. The van der Waals surface area contributed by atoms with Crippen LogP contribution in [0, 0.1) is 24.2 Å². The van der Waals surface area contributed by atoms with Gasteiger partial charge in [-0.3, -0.25) is 0 Å². The van der Waals surface area contributed by atoms with Crippen molar-refractivity contribution in [3.05, 3.63) is 0 Å². The van der Waals surface area contributed by atoms with Crippen LogP contribution in [0.1, 0.15) is 33.6 Å². The van der Waals surface area contributed by atoms with Gasteiger partial charge in [-0.2, -0.15) is 0 Å². The topological polar surface area (TPSA) is 12.0 Å². The Morgan fingerprint density at radius 2 is 2.00 bits per heavy atom. The quantitative estimate of drug-likeness (QED) is 0.598. The Kier molecular flexibility index (Phi) is 6.90. The molecule has 0 aliphatic carbocycles. The zero-order valence-electron chi connectivity index (χ0n) is 8.56. The van der Waals surface area contributed by atoms with Gasteiger partial charge in [0.2, 0.25) is 0 Å². The first-order chi connectivity index (χ1) is 5.72. The lowest BCUT2D eigenvalue weighted by Crippen LogP contribution is -2.24. The van der Waals surface area contributed by atoms with Gasteiger partial charge in [0.05, 0.1) is 0 Å². The Bertz CT molecular complexity index is 134. The van der Waals surface area contributed by atoms with Gasteiger partial charge in [-0.1, -0.05) is 20.8 Å². The van der Waals surface area contributed by atoms with E-state index in [0.717, 1.165) is 37.8 Å². The van der Waals surface area contributed by atoms with Crippen molar-refractivity contribution in [2.75, 3.05) is 13.1 Å². The van der Waals surface area contributed by atoms with Crippen LogP contribution in [0.5, 0.6) is 0 Å². The lowest BCUT2D eigenvalue weighted by molar-refractivity contribution is 0.353. The molecule has 0 aromatic heterocycles. The largest absolute Gasteiger partial charge is 0.317 e. The molecule has 12 heavy (non-hydrogen) atoms. The number of nitrogens with one attached hydrogen (secondary N) is 1. The van der Waals surface area contributed by atoms with Gasteiger partial charge < -0.3 is 5.32 Å². The maximum atomic E-state index is 5.21. The van der Waals surface area contributed by atoms with E-state index in [0.29, 0.717) is 0 Å². The third-order valence-electron chi connectivity index (χ3n) is 2.43. The summed E-state index contributed by atoms with van der Waals surface area (Å²) in [6.07, 6.45) is 7.28. The molecule has 1 heteroatoms. The van der Waals surface area contributed by atoms with Crippen molar-refractivity contribution >= 4 is 0 Å². The summed E-state index contributed by atoms with van der Waals surface area (Å²) in [6, 6.07) is 0. The van der Waals surface area contributed by atoms with Crippen molar-refractivity contribution in [3.8, 4) is 12.3 Å². The second kappa shape index (κ2) is 7.18. The van der Waals surface area contributed by atoms with E-state index in [-0.39, 0.29) is 0 Å². The normalized spacial score (nSPS) is 15.2. The van der Waals surface area contributed by atoms with Crippen molar-refractivity contribution in [1.82, 2.24) is 5.32 Å². The van der Waals surface area contributed by atoms with Gasteiger partial charge in [-0.25, -0.2) is 0 Å². The van der Waals surface area contributed by atoms with Crippen LogP contribution in [-0.2, 0) is 0 Å². The molecular formula is C11H21N. The highest BCUT2D eigenvalue weighted by Gasteiger charge is 2.10. The van der Waals surface area contributed by atoms with Gasteiger partial charge in [-0.15, -0.1) is 12.3 Å². The third-order valence-corrected chi connectivity index (χ3v) is 2.43. The minimum Gasteiger partial charge on any atom is -0.317 e. The Labute approximate surface area is 76.9 Å². The zero-order chi connectivity index (χ0) is 9.40. The van der Waals surface area contributed by atoms with E-state index in [1.807, 2.05) is 0 Å². The molecule has 0 fully saturated rings. The number of hydrogen-bond acceptors (Lipinski definition) is 1.